The molecule has 1 heterocycles. The first-order valence-electron chi connectivity index (χ1n) is 11.9. The maximum absolute atomic E-state index is 13.3. The van der Waals surface area contributed by atoms with Crippen molar-refractivity contribution in [2.75, 3.05) is 6.54 Å². The zero-order valence-electron chi connectivity index (χ0n) is 20.9. The second-order valence-electron chi connectivity index (χ2n) is 9.64. The molecule has 0 spiro atoms. The molecule has 0 saturated heterocycles. The van der Waals surface area contributed by atoms with Crippen molar-refractivity contribution in [1.29, 1.82) is 0 Å². The molecule has 4 rings (SSSR count). The molecule has 2 unspecified atom stereocenters. The minimum absolute atomic E-state index is 0.143. The van der Waals surface area contributed by atoms with E-state index in [0.29, 0.717) is 25.1 Å². The third-order valence-corrected chi connectivity index (χ3v) is 8.30. The van der Waals surface area contributed by atoms with Crippen molar-refractivity contribution in [2.45, 2.75) is 49.1 Å². The van der Waals surface area contributed by atoms with Gasteiger partial charge in [-0.3, -0.25) is 4.79 Å². The fourth-order valence-corrected chi connectivity index (χ4v) is 6.00. The van der Waals surface area contributed by atoms with E-state index in [-0.39, 0.29) is 16.9 Å². The summed E-state index contributed by atoms with van der Waals surface area (Å²) in [6, 6.07) is 14.5. The third-order valence-electron chi connectivity index (χ3n) is 6.38. The maximum atomic E-state index is 13.3. The Labute approximate surface area is 229 Å². The van der Waals surface area contributed by atoms with E-state index in [2.05, 4.69) is 10.0 Å². The highest BCUT2D eigenvalue weighted by Gasteiger charge is 2.45. The monoisotopic (exact) mass is 582 g/mol. The van der Waals surface area contributed by atoms with E-state index in [0.717, 1.165) is 11.6 Å². The Kier molecular flexibility index (Phi) is 8.00. The van der Waals surface area contributed by atoms with Gasteiger partial charge in [-0.25, -0.2) is 13.1 Å². The lowest BCUT2D eigenvalue weighted by atomic mass is 9.86. The Morgan fingerprint density at radius 3 is 2.44 bits per heavy atom. The maximum Gasteiger partial charge on any atom is 0.416 e. The molecule has 3 N–H and O–H groups in total. The number of rotatable bonds is 7. The predicted octanol–water partition coefficient (Wildman–Crippen LogP) is 4.88. The van der Waals surface area contributed by atoms with Crippen molar-refractivity contribution in [3.63, 3.8) is 0 Å². The summed E-state index contributed by atoms with van der Waals surface area (Å²) in [6.07, 6.45) is -5.68. The largest absolute Gasteiger partial charge is 0.485 e. The van der Waals surface area contributed by atoms with Crippen LogP contribution in [0.2, 0.25) is 5.02 Å². The fraction of sp³-hybridized carbons (Fsp3) is 0.296. The number of nitrogens with one attached hydrogen (secondary N) is 2. The lowest BCUT2D eigenvalue weighted by Gasteiger charge is -2.42. The number of carbonyl (C=O) groups excluding carboxylic acids is 1. The first kappa shape index (κ1) is 28.9. The highest BCUT2D eigenvalue weighted by molar-refractivity contribution is 7.89. The Morgan fingerprint density at radius 1 is 1.08 bits per heavy atom. The summed E-state index contributed by atoms with van der Waals surface area (Å²) < 4.78 is 74.4. The molecule has 3 aromatic carbocycles. The molecule has 0 aliphatic carbocycles. The Bertz CT molecular complexity index is 1480. The van der Waals surface area contributed by atoms with Gasteiger partial charge in [0.1, 0.15) is 22.4 Å². The van der Waals surface area contributed by atoms with Gasteiger partial charge in [0, 0.05) is 17.7 Å². The summed E-state index contributed by atoms with van der Waals surface area (Å²) in [5.74, 6) is -0.232. The fourth-order valence-electron chi connectivity index (χ4n) is 4.25. The molecule has 1 aliphatic rings. The van der Waals surface area contributed by atoms with Crippen molar-refractivity contribution >= 4 is 27.5 Å². The quantitative estimate of drug-likeness (QED) is 0.368. The standard InChI is InChI=1S/C27H26ClF3N2O5S/c1-26(2)24(34)23(33-39(36,37)22-15-18(27(29,30)31)9-10-20(22)28)19-14-17(8-11-21(19)38-26)25(35)32-13-12-16-6-4-3-5-7-16/h3-11,14-15,23-24,33-34H,12-13H2,1-2H3,(H,32,35). The van der Waals surface area contributed by atoms with Gasteiger partial charge in [0.05, 0.1) is 16.6 Å². The van der Waals surface area contributed by atoms with Gasteiger partial charge in [-0.05, 0) is 62.2 Å². The first-order chi connectivity index (χ1) is 18.2. The Hall–Kier alpha value is -3.12. The highest BCUT2D eigenvalue weighted by atomic mass is 35.5. The number of aliphatic hydroxyl groups excluding tert-OH is 1. The second-order valence-corrected chi connectivity index (χ2v) is 11.7. The molecule has 1 amide bonds. The lowest BCUT2D eigenvalue weighted by molar-refractivity contribution is -0.137. The first-order valence-corrected chi connectivity index (χ1v) is 13.8. The van der Waals surface area contributed by atoms with Crippen molar-refractivity contribution in [1.82, 2.24) is 10.0 Å². The molecule has 3 aromatic rings. The average molecular weight is 583 g/mol. The minimum Gasteiger partial charge on any atom is -0.485 e. The number of fused-ring (bicyclic) bond motifs is 1. The molecule has 0 aromatic heterocycles. The van der Waals surface area contributed by atoms with Gasteiger partial charge >= 0.3 is 6.18 Å². The molecular formula is C27H26ClF3N2O5S. The number of halogens is 4. The van der Waals surface area contributed by atoms with Gasteiger partial charge in [0.25, 0.3) is 5.91 Å². The summed E-state index contributed by atoms with van der Waals surface area (Å²) in [5.41, 5.74) is -1.13. The normalized spacial score (nSPS) is 18.6. The van der Waals surface area contributed by atoms with E-state index in [9.17, 15) is 31.5 Å². The van der Waals surface area contributed by atoms with E-state index >= 15 is 0 Å². The number of hydrogen-bond donors (Lipinski definition) is 3. The summed E-state index contributed by atoms with van der Waals surface area (Å²) >= 11 is 5.97. The number of carbonyl (C=O) groups is 1. The van der Waals surface area contributed by atoms with Gasteiger partial charge < -0.3 is 15.2 Å². The zero-order valence-corrected chi connectivity index (χ0v) is 22.5. The van der Waals surface area contributed by atoms with Gasteiger partial charge in [-0.15, -0.1) is 0 Å². The third kappa shape index (κ3) is 6.38. The van der Waals surface area contributed by atoms with E-state index < -0.39 is 55.3 Å². The number of ether oxygens (including phenoxy) is 1. The van der Waals surface area contributed by atoms with Crippen LogP contribution in [0.5, 0.6) is 5.75 Å². The molecule has 2 atom stereocenters. The van der Waals surface area contributed by atoms with Crippen LogP contribution in [0.4, 0.5) is 13.2 Å². The van der Waals surface area contributed by atoms with Gasteiger partial charge in [-0.1, -0.05) is 41.9 Å². The number of aliphatic hydroxyl groups is 1. The Balaban J connectivity index is 1.63. The van der Waals surface area contributed by atoms with Crippen LogP contribution >= 0.6 is 11.6 Å². The second kappa shape index (κ2) is 10.8. The molecule has 0 radical (unpaired) electrons. The van der Waals surface area contributed by atoms with E-state index in [1.807, 2.05) is 30.3 Å². The van der Waals surface area contributed by atoms with E-state index in [1.54, 1.807) is 0 Å². The van der Waals surface area contributed by atoms with E-state index in [1.165, 1.54) is 32.0 Å². The van der Waals surface area contributed by atoms with Gasteiger partial charge in [0.2, 0.25) is 10.0 Å². The number of sulfonamides is 1. The molecule has 12 heteroatoms. The zero-order chi connectivity index (χ0) is 28.6. The number of hydrogen-bond acceptors (Lipinski definition) is 5. The van der Waals surface area contributed by atoms with Crippen molar-refractivity contribution < 1.29 is 36.2 Å². The summed E-state index contributed by atoms with van der Waals surface area (Å²) in [6.45, 7) is 3.41. The minimum atomic E-state index is -4.80. The van der Waals surface area contributed by atoms with Crippen LogP contribution in [-0.4, -0.2) is 37.7 Å². The topological polar surface area (TPSA) is 105 Å². The highest BCUT2D eigenvalue weighted by Crippen LogP contribution is 2.41. The SMILES string of the molecule is CC1(C)Oc2ccc(C(=O)NCCc3ccccc3)cc2C(NS(=O)(=O)c2cc(C(F)(F)F)ccc2Cl)C1O. The molecule has 0 saturated carbocycles. The molecule has 0 fully saturated rings. The van der Waals surface area contributed by atoms with Crippen LogP contribution in [0.25, 0.3) is 0 Å². The predicted molar refractivity (Wildman–Crippen MR) is 139 cm³/mol. The number of amides is 1. The van der Waals surface area contributed by atoms with Crippen molar-refractivity contribution in [3.8, 4) is 5.75 Å². The van der Waals surface area contributed by atoms with Crippen LogP contribution in [0.15, 0.2) is 71.6 Å². The molecule has 7 nitrogen and oxygen atoms in total. The number of benzene rings is 3. The smallest absolute Gasteiger partial charge is 0.416 e. The van der Waals surface area contributed by atoms with Crippen LogP contribution in [-0.2, 0) is 22.6 Å². The molecule has 0 bridgehead atoms. The van der Waals surface area contributed by atoms with Crippen LogP contribution in [0.1, 0.15) is 46.9 Å². The average Bonchev–Trinajstić information content (AvgIpc) is 2.86. The lowest BCUT2D eigenvalue weighted by Crippen LogP contribution is -2.53. The molecule has 1 aliphatic heterocycles. The number of alkyl halides is 3. The van der Waals surface area contributed by atoms with Gasteiger partial charge in [-0.2, -0.15) is 13.2 Å². The summed E-state index contributed by atoms with van der Waals surface area (Å²) in [4.78, 5) is 12.0. The molecule has 208 valence electrons. The van der Waals surface area contributed by atoms with Crippen LogP contribution in [0, 0.1) is 0 Å². The van der Waals surface area contributed by atoms with Crippen LogP contribution in [0.3, 0.4) is 0 Å². The summed E-state index contributed by atoms with van der Waals surface area (Å²) in [7, 11) is -4.68. The molecule has 39 heavy (non-hydrogen) atoms. The molecular weight excluding hydrogens is 557 g/mol. The Morgan fingerprint density at radius 2 is 1.77 bits per heavy atom. The summed E-state index contributed by atoms with van der Waals surface area (Å²) in [5, 5.41) is 13.4. The van der Waals surface area contributed by atoms with Crippen molar-refractivity contribution in [3.05, 3.63) is 94.0 Å². The van der Waals surface area contributed by atoms with E-state index in [4.69, 9.17) is 16.3 Å². The van der Waals surface area contributed by atoms with Crippen molar-refractivity contribution in [2.24, 2.45) is 0 Å². The van der Waals surface area contributed by atoms with Crippen LogP contribution < -0.4 is 14.8 Å². The van der Waals surface area contributed by atoms with Gasteiger partial charge in [0.15, 0.2) is 0 Å².